The molecular weight excluding hydrogens is 250 g/mol. The monoisotopic (exact) mass is 264 g/mol. The standard InChI is InChI=1S/C14H15ClNO2/c1-4-16-11-6-9(3)8(2)5-10(11)7-12(16)13(15)14(17)18/h5-7H,4H2,1-3H3,(H,17,18). The van der Waals surface area contributed by atoms with Crippen LogP contribution in [0.3, 0.4) is 0 Å². The van der Waals surface area contributed by atoms with Crippen LogP contribution in [0.2, 0.25) is 0 Å². The van der Waals surface area contributed by atoms with Gasteiger partial charge in [0.05, 0.1) is 5.70 Å². The number of carboxylic acid groups (broad SMARTS) is 1. The van der Waals surface area contributed by atoms with Gasteiger partial charge in [0.2, 0.25) is 0 Å². The molecule has 1 radical (unpaired) electrons. The first-order chi connectivity index (χ1) is 8.45. The summed E-state index contributed by atoms with van der Waals surface area (Å²) in [5, 5.41) is 8.87. The number of halogens is 1. The number of rotatable bonds is 2. The van der Waals surface area contributed by atoms with Crippen molar-refractivity contribution < 1.29 is 9.90 Å². The molecule has 0 spiro atoms. The number of likely N-dealkylation sites (N-methyl/N-ethyl adjacent to an activating group) is 1. The number of carbonyl (C=O) groups is 1. The summed E-state index contributed by atoms with van der Waals surface area (Å²) in [6.07, 6.45) is 1.84. The zero-order valence-corrected chi connectivity index (χ0v) is 11.4. The van der Waals surface area contributed by atoms with Gasteiger partial charge < -0.3 is 10.0 Å². The number of hydrogen-bond acceptors (Lipinski definition) is 2. The first kappa shape index (κ1) is 13.0. The quantitative estimate of drug-likeness (QED) is 0.834. The maximum absolute atomic E-state index is 11.0. The lowest BCUT2D eigenvalue weighted by Gasteiger charge is -2.20. The third-order valence-electron chi connectivity index (χ3n) is 3.25. The van der Waals surface area contributed by atoms with Crippen molar-refractivity contribution in [1.82, 2.24) is 0 Å². The molecule has 4 heteroatoms. The highest BCUT2D eigenvalue weighted by Crippen LogP contribution is 2.39. The fourth-order valence-electron chi connectivity index (χ4n) is 2.16. The van der Waals surface area contributed by atoms with Crippen LogP contribution < -0.4 is 4.90 Å². The van der Waals surface area contributed by atoms with Gasteiger partial charge >= 0.3 is 5.97 Å². The van der Waals surface area contributed by atoms with Gasteiger partial charge in [-0.25, -0.2) is 4.79 Å². The second-order valence-corrected chi connectivity index (χ2v) is 4.77. The minimum Gasteiger partial charge on any atom is -0.477 e. The Labute approximate surface area is 112 Å². The molecule has 0 fully saturated rings. The van der Waals surface area contributed by atoms with E-state index < -0.39 is 5.97 Å². The minimum atomic E-state index is -1.09. The lowest BCUT2D eigenvalue weighted by atomic mass is 10.0. The van der Waals surface area contributed by atoms with Crippen LogP contribution in [0.15, 0.2) is 22.9 Å². The second-order valence-electron chi connectivity index (χ2n) is 4.39. The molecular formula is C14H15ClNO2. The first-order valence-electron chi connectivity index (χ1n) is 5.82. The number of nitrogens with zero attached hydrogens (tertiary/aromatic N) is 1. The Bertz CT molecular complexity index is 549. The summed E-state index contributed by atoms with van der Waals surface area (Å²) in [5.74, 6) is -1.09. The first-order valence-corrected chi connectivity index (χ1v) is 6.20. The predicted molar refractivity (Wildman–Crippen MR) is 72.9 cm³/mol. The van der Waals surface area contributed by atoms with Crippen LogP contribution >= 0.6 is 11.6 Å². The van der Waals surface area contributed by atoms with Crippen LogP contribution in [-0.2, 0) is 4.79 Å². The van der Waals surface area contributed by atoms with Gasteiger partial charge in [-0.1, -0.05) is 17.7 Å². The van der Waals surface area contributed by atoms with Gasteiger partial charge in [-0.05, 0) is 43.5 Å². The summed E-state index contributed by atoms with van der Waals surface area (Å²) >= 11 is 5.87. The molecule has 0 saturated heterocycles. The van der Waals surface area contributed by atoms with Crippen molar-refractivity contribution in [2.45, 2.75) is 20.8 Å². The van der Waals surface area contributed by atoms with Crippen molar-refractivity contribution in [3.05, 3.63) is 46.0 Å². The van der Waals surface area contributed by atoms with Gasteiger partial charge in [0, 0.05) is 18.7 Å². The third-order valence-corrected chi connectivity index (χ3v) is 3.60. The van der Waals surface area contributed by atoms with Crippen molar-refractivity contribution in [2.24, 2.45) is 0 Å². The molecule has 0 bridgehead atoms. The average Bonchev–Trinajstić information content (AvgIpc) is 2.66. The molecule has 0 saturated carbocycles. The number of carboxylic acids is 1. The molecule has 1 aromatic rings. The summed E-state index contributed by atoms with van der Waals surface area (Å²) in [4.78, 5) is 12.9. The Morgan fingerprint density at radius 2 is 1.94 bits per heavy atom. The Balaban J connectivity index is 2.56. The maximum Gasteiger partial charge on any atom is 0.349 e. The summed E-state index contributed by atoms with van der Waals surface area (Å²) < 4.78 is 0. The molecule has 3 nitrogen and oxygen atoms in total. The van der Waals surface area contributed by atoms with E-state index in [1.54, 1.807) is 0 Å². The molecule has 1 heterocycles. The molecule has 1 N–H and O–H groups in total. The molecule has 95 valence electrons. The molecule has 18 heavy (non-hydrogen) atoms. The zero-order valence-electron chi connectivity index (χ0n) is 10.6. The van der Waals surface area contributed by atoms with Crippen molar-refractivity contribution in [3.63, 3.8) is 0 Å². The zero-order chi connectivity index (χ0) is 13.4. The molecule has 2 rings (SSSR count). The lowest BCUT2D eigenvalue weighted by Crippen LogP contribution is -2.20. The summed E-state index contributed by atoms with van der Waals surface area (Å²) in [5.41, 5.74) is 4.98. The highest BCUT2D eigenvalue weighted by atomic mass is 35.5. The van der Waals surface area contributed by atoms with Gasteiger partial charge in [-0.2, -0.15) is 0 Å². The number of aliphatic carboxylic acids is 1. The van der Waals surface area contributed by atoms with E-state index in [9.17, 15) is 4.79 Å². The summed E-state index contributed by atoms with van der Waals surface area (Å²) in [7, 11) is 0. The number of benzene rings is 1. The molecule has 0 atom stereocenters. The summed E-state index contributed by atoms with van der Waals surface area (Å²) in [6.45, 7) is 6.75. The van der Waals surface area contributed by atoms with Gasteiger partial charge in [-0.3, -0.25) is 0 Å². The van der Waals surface area contributed by atoms with E-state index in [0.29, 0.717) is 12.2 Å². The van der Waals surface area contributed by atoms with Crippen molar-refractivity contribution in [3.8, 4) is 0 Å². The van der Waals surface area contributed by atoms with Gasteiger partial charge in [0.1, 0.15) is 5.03 Å². The minimum absolute atomic E-state index is 0.136. The van der Waals surface area contributed by atoms with E-state index in [4.69, 9.17) is 16.7 Å². The molecule has 0 amide bonds. The number of fused-ring (bicyclic) bond motifs is 1. The highest BCUT2D eigenvalue weighted by molar-refractivity contribution is 6.41. The van der Waals surface area contributed by atoms with E-state index in [2.05, 4.69) is 12.1 Å². The van der Waals surface area contributed by atoms with Crippen molar-refractivity contribution in [1.29, 1.82) is 0 Å². The topological polar surface area (TPSA) is 40.5 Å². The van der Waals surface area contributed by atoms with Crippen LogP contribution in [0.4, 0.5) is 5.69 Å². The number of hydrogen-bond donors (Lipinski definition) is 1. The van der Waals surface area contributed by atoms with Crippen molar-refractivity contribution in [2.75, 3.05) is 11.4 Å². The van der Waals surface area contributed by atoms with E-state index in [-0.39, 0.29) is 5.03 Å². The van der Waals surface area contributed by atoms with E-state index in [0.717, 1.165) is 11.3 Å². The number of allylic oxidation sites excluding steroid dienone is 1. The Morgan fingerprint density at radius 3 is 2.50 bits per heavy atom. The Hall–Kier alpha value is -1.48. The second kappa shape index (κ2) is 4.65. The van der Waals surface area contributed by atoms with E-state index >= 15 is 0 Å². The SMILES string of the molecule is CCN1C(=C(Cl)C(=O)O)[CH]c2cc(C)c(C)cc21. The lowest BCUT2D eigenvalue weighted by molar-refractivity contribution is -0.131. The fourth-order valence-corrected chi connectivity index (χ4v) is 2.32. The van der Waals surface area contributed by atoms with Gasteiger partial charge in [0.15, 0.2) is 0 Å². The van der Waals surface area contributed by atoms with E-state index in [1.165, 1.54) is 11.1 Å². The van der Waals surface area contributed by atoms with Crippen LogP contribution in [-0.4, -0.2) is 17.6 Å². The Morgan fingerprint density at radius 1 is 1.33 bits per heavy atom. The predicted octanol–water partition coefficient (Wildman–Crippen LogP) is 3.23. The van der Waals surface area contributed by atoms with Gasteiger partial charge in [0.25, 0.3) is 0 Å². The smallest absolute Gasteiger partial charge is 0.349 e. The maximum atomic E-state index is 11.0. The molecule has 0 unspecified atom stereocenters. The molecule has 0 aromatic heterocycles. The third kappa shape index (κ3) is 1.99. The van der Waals surface area contributed by atoms with Crippen LogP contribution in [0.25, 0.3) is 0 Å². The molecule has 0 aliphatic carbocycles. The summed E-state index contributed by atoms with van der Waals surface area (Å²) in [6, 6.07) is 4.13. The number of anilines is 1. The Kier molecular flexibility index (Phi) is 3.35. The average molecular weight is 265 g/mol. The van der Waals surface area contributed by atoms with Crippen LogP contribution in [0, 0.1) is 20.3 Å². The van der Waals surface area contributed by atoms with Crippen molar-refractivity contribution >= 4 is 23.3 Å². The molecule has 1 aliphatic heterocycles. The van der Waals surface area contributed by atoms with E-state index in [1.807, 2.05) is 32.1 Å². The molecule has 1 aliphatic rings. The highest BCUT2D eigenvalue weighted by Gasteiger charge is 2.28. The number of aryl methyl sites for hydroxylation is 2. The fraction of sp³-hybridized carbons (Fsp3) is 0.286. The molecule has 1 aromatic carbocycles. The van der Waals surface area contributed by atoms with Crippen LogP contribution in [0.5, 0.6) is 0 Å². The van der Waals surface area contributed by atoms with Gasteiger partial charge in [-0.15, -0.1) is 0 Å². The largest absolute Gasteiger partial charge is 0.477 e. The van der Waals surface area contributed by atoms with Crippen LogP contribution in [0.1, 0.15) is 23.6 Å². The normalized spacial score (nSPS) is 16.8.